The number of nitrogens with zero attached hydrogens (tertiary/aromatic N) is 4. The van der Waals surface area contributed by atoms with Crippen LogP contribution in [0.15, 0.2) is 60.9 Å². The molecule has 3 aromatic rings. The second-order valence-electron chi connectivity index (χ2n) is 7.86. The van der Waals surface area contributed by atoms with Crippen LogP contribution in [0.1, 0.15) is 29.0 Å². The molecule has 1 N–H and O–H groups in total. The number of hydrogen-bond donors (Lipinski definition) is 1. The molecule has 4 rings (SSSR count). The van der Waals surface area contributed by atoms with Gasteiger partial charge in [0.15, 0.2) is 5.11 Å². The van der Waals surface area contributed by atoms with Gasteiger partial charge in [-0.25, -0.2) is 0 Å². The molecule has 0 bridgehead atoms. The zero-order valence-corrected chi connectivity index (χ0v) is 19.0. The summed E-state index contributed by atoms with van der Waals surface area (Å²) in [5.74, 6) is 0. The maximum atomic E-state index is 6.27. The predicted molar refractivity (Wildman–Crippen MR) is 126 cm³/mol. The van der Waals surface area contributed by atoms with Gasteiger partial charge in [0.1, 0.15) is 0 Å². The van der Waals surface area contributed by atoms with Crippen molar-refractivity contribution in [3.8, 4) is 5.69 Å². The largest absolute Gasteiger partial charge is 0.352 e. The molecule has 30 heavy (non-hydrogen) atoms. The van der Waals surface area contributed by atoms with Gasteiger partial charge in [-0.2, -0.15) is 0 Å². The molecule has 1 aromatic carbocycles. The van der Waals surface area contributed by atoms with E-state index in [1.807, 2.05) is 31.3 Å². The lowest BCUT2D eigenvalue weighted by molar-refractivity contribution is 0.272. The van der Waals surface area contributed by atoms with Crippen molar-refractivity contribution in [3.05, 3.63) is 82.9 Å². The topological polar surface area (TPSA) is 36.3 Å². The lowest BCUT2D eigenvalue weighted by Crippen LogP contribution is -2.36. The van der Waals surface area contributed by atoms with Crippen LogP contribution in [0.3, 0.4) is 0 Å². The molecule has 3 heterocycles. The van der Waals surface area contributed by atoms with Crippen LogP contribution in [-0.4, -0.2) is 51.6 Å². The first-order valence-electron chi connectivity index (χ1n) is 10.0. The standard InChI is InChI=1S/C23H26ClN5S/c1-16-15-17(9-10-18(16)24)28-12-6-8-20(28)22-21(19-7-4-5-11-25-19)26-23(30)29(22)14-13-27(2)3/h4-12,15,21-22H,13-14H2,1-3H3,(H,26,30)/t21-,22+/m1/s1. The fraction of sp³-hybridized carbons (Fsp3) is 0.304. The molecule has 1 aliphatic rings. The summed E-state index contributed by atoms with van der Waals surface area (Å²) < 4.78 is 2.22. The van der Waals surface area contributed by atoms with Crippen molar-refractivity contribution in [1.82, 2.24) is 24.7 Å². The quantitative estimate of drug-likeness (QED) is 0.577. The Kier molecular flexibility index (Phi) is 6.09. The third-order valence-corrected chi connectivity index (χ3v) is 6.27. The maximum absolute atomic E-state index is 6.27. The average molecular weight is 440 g/mol. The molecule has 1 fully saturated rings. The molecule has 0 amide bonds. The van der Waals surface area contributed by atoms with E-state index in [2.05, 4.69) is 75.3 Å². The Labute approximate surface area is 188 Å². The van der Waals surface area contributed by atoms with Crippen LogP contribution >= 0.6 is 23.8 Å². The number of aryl methyl sites for hydroxylation is 1. The van der Waals surface area contributed by atoms with Gasteiger partial charge in [0, 0.05) is 41.9 Å². The second kappa shape index (κ2) is 8.76. The van der Waals surface area contributed by atoms with Crippen molar-refractivity contribution in [2.75, 3.05) is 27.2 Å². The van der Waals surface area contributed by atoms with E-state index in [1.54, 1.807) is 0 Å². The summed E-state index contributed by atoms with van der Waals surface area (Å²) in [5.41, 5.74) is 4.29. The Hall–Kier alpha value is -2.41. The molecule has 2 atom stereocenters. The Morgan fingerprint density at radius 3 is 2.70 bits per heavy atom. The maximum Gasteiger partial charge on any atom is 0.170 e. The van der Waals surface area contributed by atoms with Crippen LogP contribution in [0, 0.1) is 6.92 Å². The summed E-state index contributed by atoms with van der Waals surface area (Å²) in [6.45, 7) is 3.77. The van der Waals surface area contributed by atoms with Gasteiger partial charge in [0.2, 0.25) is 0 Å². The van der Waals surface area contributed by atoms with E-state index in [0.717, 1.165) is 40.2 Å². The van der Waals surface area contributed by atoms with Crippen molar-refractivity contribution < 1.29 is 0 Å². The number of hydrogen-bond acceptors (Lipinski definition) is 3. The molecule has 1 saturated heterocycles. The first-order valence-corrected chi connectivity index (χ1v) is 10.8. The third kappa shape index (κ3) is 4.08. The van der Waals surface area contributed by atoms with E-state index >= 15 is 0 Å². The van der Waals surface area contributed by atoms with Gasteiger partial charge in [-0.05, 0) is 81.3 Å². The molecule has 1 aliphatic heterocycles. The van der Waals surface area contributed by atoms with Crippen molar-refractivity contribution in [2.24, 2.45) is 0 Å². The summed E-state index contributed by atoms with van der Waals surface area (Å²) in [6.07, 6.45) is 3.93. The van der Waals surface area contributed by atoms with Crippen LogP contribution in [-0.2, 0) is 0 Å². The van der Waals surface area contributed by atoms with Gasteiger partial charge in [-0.15, -0.1) is 0 Å². The zero-order chi connectivity index (χ0) is 21.3. The molecule has 0 radical (unpaired) electrons. The van der Waals surface area contributed by atoms with Crippen molar-refractivity contribution >= 4 is 28.9 Å². The fourth-order valence-corrected chi connectivity index (χ4v) is 4.37. The summed E-state index contributed by atoms with van der Waals surface area (Å²) in [5, 5.41) is 5.06. The molecule has 0 spiro atoms. The highest BCUT2D eigenvalue weighted by molar-refractivity contribution is 7.80. The molecular weight excluding hydrogens is 414 g/mol. The van der Waals surface area contributed by atoms with Gasteiger partial charge in [0.05, 0.1) is 17.8 Å². The van der Waals surface area contributed by atoms with Gasteiger partial charge in [-0.1, -0.05) is 17.7 Å². The number of likely N-dealkylation sites (N-methyl/N-ethyl adjacent to an activating group) is 1. The molecule has 156 valence electrons. The van der Waals surface area contributed by atoms with E-state index in [4.69, 9.17) is 23.8 Å². The summed E-state index contributed by atoms with van der Waals surface area (Å²) in [7, 11) is 4.16. The van der Waals surface area contributed by atoms with E-state index in [1.165, 1.54) is 5.69 Å². The highest BCUT2D eigenvalue weighted by Crippen LogP contribution is 2.39. The molecule has 0 saturated carbocycles. The van der Waals surface area contributed by atoms with Crippen LogP contribution in [0.25, 0.3) is 5.69 Å². The number of halogens is 1. The Morgan fingerprint density at radius 1 is 1.17 bits per heavy atom. The van der Waals surface area contributed by atoms with E-state index in [9.17, 15) is 0 Å². The average Bonchev–Trinajstić information content (AvgIpc) is 3.33. The lowest BCUT2D eigenvalue weighted by atomic mass is 10.0. The van der Waals surface area contributed by atoms with Crippen molar-refractivity contribution in [3.63, 3.8) is 0 Å². The molecule has 0 aliphatic carbocycles. The number of thiocarbonyl (C=S) groups is 1. The summed E-state index contributed by atoms with van der Waals surface area (Å²) in [6, 6.07) is 16.4. The zero-order valence-electron chi connectivity index (χ0n) is 17.4. The third-order valence-electron chi connectivity index (χ3n) is 5.49. The summed E-state index contributed by atoms with van der Waals surface area (Å²) >= 11 is 12.0. The highest BCUT2D eigenvalue weighted by Gasteiger charge is 2.41. The molecule has 2 aromatic heterocycles. The van der Waals surface area contributed by atoms with E-state index in [-0.39, 0.29) is 12.1 Å². The minimum Gasteiger partial charge on any atom is -0.352 e. The van der Waals surface area contributed by atoms with Crippen LogP contribution < -0.4 is 5.32 Å². The Morgan fingerprint density at radius 2 is 2.00 bits per heavy atom. The van der Waals surface area contributed by atoms with Gasteiger partial charge >= 0.3 is 0 Å². The molecule has 7 heteroatoms. The van der Waals surface area contributed by atoms with Crippen molar-refractivity contribution in [1.29, 1.82) is 0 Å². The first kappa shape index (κ1) is 20.8. The first-order chi connectivity index (χ1) is 14.5. The molecular formula is C23H26ClN5S. The Bertz CT molecular complexity index is 1030. The monoisotopic (exact) mass is 439 g/mol. The van der Waals surface area contributed by atoms with Gasteiger partial charge < -0.3 is 19.7 Å². The normalized spacial score (nSPS) is 18.8. The van der Waals surface area contributed by atoms with Gasteiger partial charge in [0.25, 0.3) is 0 Å². The minimum absolute atomic E-state index is 0.0251. The molecule has 0 unspecified atom stereocenters. The number of benzene rings is 1. The number of rotatable bonds is 6. The van der Waals surface area contributed by atoms with Crippen LogP contribution in [0.2, 0.25) is 5.02 Å². The number of nitrogens with one attached hydrogen (secondary N) is 1. The smallest absolute Gasteiger partial charge is 0.170 e. The van der Waals surface area contributed by atoms with Crippen molar-refractivity contribution in [2.45, 2.75) is 19.0 Å². The van der Waals surface area contributed by atoms with Crippen LogP contribution in [0.4, 0.5) is 0 Å². The van der Waals surface area contributed by atoms with Crippen LogP contribution in [0.5, 0.6) is 0 Å². The van der Waals surface area contributed by atoms with Gasteiger partial charge in [-0.3, -0.25) is 4.98 Å². The number of pyridine rings is 1. The minimum atomic E-state index is -0.0251. The fourth-order valence-electron chi connectivity index (χ4n) is 3.92. The summed E-state index contributed by atoms with van der Waals surface area (Å²) in [4.78, 5) is 9.08. The molecule has 5 nitrogen and oxygen atoms in total. The van der Waals surface area contributed by atoms with E-state index in [0.29, 0.717) is 0 Å². The Balaban J connectivity index is 1.78. The number of aromatic nitrogens is 2. The lowest BCUT2D eigenvalue weighted by Gasteiger charge is -2.30. The SMILES string of the molecule is Cc1cc(-n2cccc2[C@H]2[C@@H](c3ccccn3)NC(=S)N2CCN(C)C)ccc1Cl. The van der Waals surface area contributed by atoms with E-state index < -0.39 is 0 Å². The second-order valence-corrected chi connectivity index (χ2v) is 8.65. The highest BCUT2D eigenvalue weighted by atomic mass is 35.5. The predicted octanol–water partition coefficient (Wildman–Crippen LogP) is 4.37.